The number of benzene rings is 1. The van der Waals surface area contributed by atoms with Crippen LogP contribution in [-0.4, -0.2) is 74.7 Å². The molecule has 1 aliphatic heterocycles. The summed E-state index contributed by atoms with van der Waals surface area (Å²) in [7, 11) is 0. The van der Waals surface area contributed by atoms with Crippen molar-refractivity contribution in [2.24, 2.45) is 4.99 Å². The molecule has 0 unspecified atom stereocenters. The molecule has 152 valence electrons. The predicted molar refractivity (Wildman–Crippen MR) is 117 cm³/mol. The average molecular weight is 374 g/mol. The van der Waals surface area contributed by atoms with Crippen molar-refractivity contribution in [3.8, 4) is 0 Å². The molecule has 0 aromatic heterocycles. The van der Waals surface area contributed by atoms with E-state index in [9.17, 15) is 0 Å². The Morgan fingerprint density at radius 1 is 0.926 bits per heavy atom. The van der Waals surface area contributed by atoms with Gasteiger partial charge in [-0.25, -0.2) is 0 Å². The molecule has 1 saturated heterocycles. The van der Waals surface area contributed by atoms with E-state index in [0.717, 1.165) is 38.4 Å². The molecule has 2 rings (SSSR count). The highest BCUT2D eigenvalue weighted by Gasteiger charge is 2.14. The Kier molecular flexibility index (Phi) is 10.9. The van der Waals surface area contributed by atoms with Gasteiger partial charge in [0.2, 0.25) is 0 Å². The second-order valence-electron chi connectivity index (χ2n) is 7.26. The summed E-state index contributed by atoms with van der Waals surface area (Å²) in [5.41, 5.74) is 1.39. The van der Waals surface area contributed by atoms with Crippen LogP contribution in [0, 0.1) is 0 Å². The van der Waals surface area contributed by atoms with Gasteiger partial charge in [0.05, 0.1) is 0 Å². The highest BCUT2D eigenvalue weighted by atomic mass is 15.3. The third kappa shape index (κ3) is 9.25. The third-order valence-electron chi connectivity index (χ3n) is 5.19. The van der Waals surface area contributed by atoms with E-state index in [1.807, 2.05) is 0 Å². The van der Waals surface area contributed by atoms with E-state index in [4.69, 9.17) is 4.99 Å². The molecular weight excluding hydrogens is 334 g/mol. The van der Waals surface area contributed by atoms with Gasteiger partial charge in [0, 0.05) is 45.8 Å². The summed E-state index contributed by atoms with van der Waals surface area (Å²) in [6.45, 7) is 14.5. The Morgan fingerprint density at radius 2 is 1.67 bits per heavy atom. The number of aliphatic imine (C=N–C) groups is 1. The smallest absolute Gasteiger partial charge is 0.191 e. The van der Waals surface area contributed by atoms with E-state index in [0.29, 0.717) is 0 Å². The van der Waals surface area contributed by atoms with Crippen LogP contribution in [0.4, 0.5) is 0 Å². The molecular formula is C22H39N5. The normalized spacial score (nSPS) is 16.4. The van der Waals surface area contributed by atoms with Gasteiger partial charge in [0.1, 0.15) is 0 Å². The summed E-state index contributed by atoms with van der Waals surface area (Å²) in [4.78, 5) is 9.86. The van der Waals surface area contributed by atoms with Crippen LogP contribution in [0.2, 0.25) is 0 Å². The molecule has 0 spiro atoms. The number of piperazine rings is 1. The molecule has 0 aliphatic carbocycles. The summed E-state index contributed by atoms with van der Waals surface area (Å²) in [5.74, 6) is 0.960. The number of hydrogen-bond acceptors (Lipinski definition) is 3. The zero-order valence-corrected chi connectivity index (χ0v) is 17.4. The Hall–Kier alpha value is -1.59. The lowest BCUT2D eigenvalue weighted by Gasteiger charge is -2.34. The first-order valence-corrected chi connectivity index (χ1v) is 10.8. The number of nitrogens with one attached hydrogen (secondary N) is 2. The maximum Gasteiger partial charge on any atom is 0.191 e. The lowest BCUT2D eigenvalue weighted by Crippen LogP contribution is -2.46. The maximum absolute atomic E-state index is 4.71. The van der Waals surface area contributed by atoms with Gasteiger partial charge < -0.3 is 20.4 Å². The molecule has 1 aromatic carbocycles. The lowest BCUT2D eigenvalue weighted by molar-refractivity contribution is 0.136. The number of guanidine groups is 1. The molecule has 1 fully saturated rings. The standard InChI is InChI=1S/C22H39N5/c1-3-23-22(25-15-10-13-21-11-6-5-7-12-21)24-14-8-9-16-27-19-17-26(4-2)18-20-27/h5-7,11-12H,3-4,8-10,13-20H2,1-2H3,(H2,23,24,25). The number of unbranched alkanes of at least 4 members (excludes halogenated alkanes) is 1. The van der Waals surface area contributed by atoms with Gasteiger partial charge in [-0.1, -0.05) is 37.3 Å². The van der Waals surface area contributed by atoms with Crippen molar-refractivity contribution in [1.82, 2.24) is 20.4 Å². The van der Waals surface area contributed by atoms with Crippen LogP contribution in [0.25, 0.3) is 0 Å². The number of nitrogens with zero attached hydrogens (tertiary/aromatic N) is 3. The predicted octanol–water partition coefficient (Wildman–Crippen LogP) is 2.59. The Labute approximate surface area is 166 Å². The van der Waals surface area contributed by atoms with Gasteiger partial charge in [0.15, 0.2) is 5.96 Å². The molecule has 1 aliphatic rings. The largest absolute Gasteiger partial charge is 0.357 e. The van der Waals surface area contributed by atoms with Crippen molar-refractivity contribution in [3.63, 3.8) is 0 Å². The van der Waals surface area contributed by atoms with Gasteiger partial charge in [-0.05, 0) is 51.3 Å². The number of likely N-dealkylation sites (N-methyl/N-ethyl adjacent to an activating group) is 1. The van der Waals surface area contributed by atoms with Gasteiger partial charge in [-0.15, -0.1) is 0 Å². The van der Waals surface area contributed by atoms with Crippen molar-refractivity contribution in [3.05, 3.63) is 35.9 Å². The number of aryl methyl sites for hydroxylation is 1. The first-order chi connectivity index (χ1) is 13.3. The first-order valence-electron chi connectivity index (χ1n) is 10.8. The molecule has 0 radical (unpaired) electrons. The fourth-order valence-corrected chi connectivity index (χ4v) is 3.46. The zero-order valence-electron chi connectivity index (χ0n) is 17.4. The summed E-state index contributed by atoms with van der Waals surface area (Å²) in [6, 6.07) is 10.7. The summed E-state index contributed by atoms with van der Waals surface area (Å²) < 4.78 is 0. The van der Waals surface area contributed by atoms with Crippen molar-refractivity contribution in [1.29, 1.82) is 0 Å². The minimum Gasteiger partial charge on any atom is -0.357 e. The topological polar surface area (TPSA) is 42.9 Å². The molecule has 5 heteroatoms. The summed E-state index contributed by atoms with van der Waals surface area (Å²) >= 11 is 0. The molecule has 0 saturated carbocycles. The van der Waals surface area contributed by atoms with Crippen molar-refractivity contribution >= 4 is 5.96 Å². The lowest BCUT2D eigenvalue weighted by atomic mass is 10.1. The van der Waals surface area contributed by atoms with Crippen LogP contribution in [0.15, 0.2) is 35.3 Å². The SMILES string of the molecule is CCNC(=NCCCc1ccccc1)NCCCCN1CCN(CC)CC1. The third-order valence-corrected chi connectivity index (χ3v) is 5.19. The second kappa shape index (κ2) is 13.6. The van der Waals surface area contributed by atoms with E-state index in [1.165, 1.54) is 57.7 Å². The quantitative estimate of drug-likeness (QED) is 0.355. The second-order valence-corrected chi connectivity index (χ2v) is 7.26. The van der Waals surface area contributed by atoms with Crippen LogP contribution in [0.1, 0.15) is 38.7 Å². The summed E-state index contributed by atoms with van der Waals surface area (Å²) in [5, 5.41) is 6.84. The minimum absolute atomic E-state index is 0.867. The number of rotatable bonds is 11. The van der Waals surface area contributed by atoms with Crippen LogP contribution >= 0.6 is 0 Å². The van der Waals surface area contributed by atoms with Gasteiger partial charge in [-0.2, -0.15) is 0 Å². The van der Waals surface area contributed by atoms with Gasteiger partial charge in [0.25, 0.3) is 0 Å². The minimum atomic E-state index is 0.867. The van der Waals surface area contributed by atoms with Crippen molar-refractivity contribution in [2.75, 3.05) is 58.9 Å². The maximum atomic E-state index is 4.71. The highest BCUT2D eigenvalue weighted by Crippen LogP contribution is 2.03. The van der Waals surface area contributed by atoms with Gasteiger partial charge in [-0.3, -0.25) is 4.99 Å². The molecule has 1 aromatic rings. The van der Waals surface area contributed by atoms with Gasteiger partial charge >= 0.3 is 0 Å². The van der Waals surface area contributed by atoms with E-state index in [2.05, 4.69) is 64.6 Å². The molecule has 27 heavy (non-hydrogen) atoms. The van der Waals surface area contributed by atoms with Crippen LogP contribution in [0.3, 0.4) is 0 Å². The van der Waals surface area contributed by atoms with Crippen molar-refractivity contribution in [2.45, 2.75) is 39.5 Å². The molecule has 2 N–H and O–H groups in total. The molecule has 0 bridgehead atoms. The van der Waals surface area contributed by atoms with Crippen LogP contribution in [0.5, 0.6) is 0 Å². The highest BCUT2D eigenvalue weighted by molar-refractivity contribution is 5.79. The Morgan fingerprint density at radius 3 is 2.37 bits per heavy atom. The van der Waals surface area contributed by atoms with E-state index < -0.39 is 0 Å². The molecule has 0 atom stereocenters. The van der Waals surface area contributed by atoms with Crippen molar-refractivity contribution < 1.29 is 0 Å². The first kappa shape index (κ1) is 21.7. The van der Waals surface area contributed by atoms with E-state index in [1.54, 1.807) is 0 Å². The zero-order chi connectivity index (χ0) is 19.2. The molecule has 0 amide bonds. The van der Waals surface area contributed by atoms with Crippen LogP contribution < -0.4 is 10.6 Å². The summed E-state index contributed by atoms with van der Waals surface area (Å²) in [6.07, 6.45) is 4.63. The molecule has 5 nitrogen and oxygen atoms in total. The monoisotopic (exact) mass is 373 g/mol. The fraction of sp³-hybridized carbons (Fsp3) is 0.682. The Bertz CT molecular complexity index is 509. The Balaban J connectivity index is 1.55. The fourth-order valence-electron chi connectivity index (χ4n) is 3.46. The van der Waals surface area contributed by atoms with Crippen LogP contribution in [-0.2, 0) is 6.42 Å². The average Bonchev–Trinajstić information content (AvgIpc) is 2.72. The molecule has 1 heterocycles. The van der Waals surface area contributed by atoms with E-state index >= 15 is 0 Å². The number of hydrogen-bond donors (Lipinski definition) is 2. The van der Waals surface area contributed by atoms with E-state index in [-0.39, 0.29) is 0 Å².